The summed E-state index contributed by atoms with van der Waals surface area (Å²) >= 11 is 0. The largest absolute Gasteiger partial charge is 0.494 e. The number of halogens is 1. The average molecular weight is 240 g/mol. The van der Waals surface area contributed by atoms with Crippen molar-refractivity contribution in [3.8, 4) is 5.75 Å². The fourth-order valence-electron chi connectivity index (χ4n) is 1.41. The van der Waals surface area contributed by atoms with Crippen LogP contribution in [0.1, 0.15) is 13.3 Å². The van der Waals surface area contributed by atoms with Gasteiger partial charge in [-0.3, -0.25) is 4.79 Å². The van der Waals surface area contributed by atoms with Crippen molar-refractivity contribution in [2.75, 3.05) is 19.0 Å². The normalized spacial score (nSPS) is 12.0. The summed E-state index contributed by atoms with van der Waals surface area (Å²) in [5, 5.41) is 2.69. The number of hydrogen-bond donors (Lipinski definition) is 2. The van der Waals surface area contributed by atoms with Gasteiger partial charge in [-0.15, -0.1) is 0 Å². The van der Waals surface area contributed by atoms with E-state index in [9.17, 15) is 9.18 Å². The van der Waals surface area contributed by atoms with E-state index in [1.807, 2.05) is 0 Å². The lowest BCUT2D eigenvalue weighted by Crippen LogP contribution is -2.23. The number of ether oxygens (including phenoxy) is 1. The smallest absolute Gasteiger partial charge is 0.227 e. The van der Waals surface area contributed by atoms with E-state index < -0.39 is 5.82 Å². The molecule has 0 aliphatic heterocycles. The van der Waals surface area contributed by atoms with Crippen LogP contribution in [0, 0.1) is 11.7 Å². The average Bonchev–Trinajstić information content (AvgIpc) is 2.31. The lowest BCUT2D eigenvalue weighted by molar-refractivity contribution is -0.119. The second kappa shape index (κ2) is 6.20. The number of anilines is 1. The Hall–Kier alpha value is -1.62. The molecule has 0 saturated carbocycles. The molecular formula is C12H17FN2O2. The molecule has 0 spiro atoms. The molecule has 0 bridgehead atoms. The van der Waals surface area contributed by atoms with Gasteiger partial charge in [0.05, 0.1) is 12.8 Å². The number of nitrogens with one attached hydrogen (secondary N) is 1. The third-order valence-corrected chi connectivity index (χ3v) is 2.47. The van der Waals surface area contributed by atoms with Crippen molar-refractivity contribution in [2.24, 2.45) is 11.7 Å². The number of nitrogens with two attached hydrogens (primary N) is 1. The zero-order valence-electron chi connectivity index (χ0n) is 10.00. The molecule has 0 fully saturated rings. The summed E-state index contributed by atoms with van der Waals surface area (Å²) < 4.78 is 17.9. The minimum absolute atomic E-state index is 0.152. The zero-order chi connectivity index (χ0) is 12.8. The maximum Gasteiger partial charge on any atom is 0.227 e. The summed E-state index contributed by atoms with van der Waals surface area (Å²) in [7, 11) is 1.42. The number of carbonyl (C=O) groups is 1. The monoisotopic (exact) mass is 240 g/mol. The highest BCUT2D eigenvalue weighted by Gasteiger charge is 2.14. The van der Waals surface area contributed by atoms with Gasteiger partial charge < -0.3 is 15.8 Å². The molecule has 17 heavy (non-hydrogen) atoms. The Morgan fingerprint density at radius 3 is 2.88 bits per heavy atom. The Balaban J connectivity index is 2.77. The van der Waals surface area contributed by atoms with Crippen molar-refractivity contribution in [1.82, 2.24) is 0 Å². The van der Waals surface area contributed by atoms with Gasteiger partial charge in [-0.1, -0.05) is 6.92 Å². The first kappa shape index (κ1) is 13.4. The van der Waals surface area contributed by atoms with E-state index in [4.69, 9.17) is 10.5 Å². The summed E-state index contributed by atoms with van der Waals surface area (Å²) in [6.07, 6.45) is 0.606. The molecule has 1 aromatic rings. The molecule has 1 amide bonds. The summed E-state index contributed by atoms with van der Waals surface area (Å²) in [6, 6.07) is 3.97. The fourth-order valence-corrected chi connectivity index (χ4v) is 1.41. The van der Waals surface area contributed by atoms with Crippen LogP contribution in [0.15, 0.2) is 18.2 Å². The Morgan fingerprint density at radius 1 is 1.59 bits per heavy atom. The van der Waals surface area contributed by atoms with Gasteiger partial charge >= 0.3 is 0 Å². The van der Waals surface area contributed by atoms with Gasteiger partial charge in [0.15, 0.2) is 0 Å². The SMILES string of the molecule is COc1cc(F)ccc1NC(=O)C(C)CCN. The molecule has 1 atom stereocenters. The Labute approximate surface area is 100.0 Å². The minimum Gasteiger partial charge on any atom is -0.494 e. The molecular weight excluding hydrogens is 223 g/mol. The quantitative estimate of drug-likeness (QED) is 0.824. The summed E-state index contributed by atoms with van der Waals surface area (Å²) in [5.74, 6) is -0.441. The van der Waals surface area contributed by atoms with E-state index >= 15 is 0 Å². The van der Waals surface area contributed by atoms with Crippen LogP contribution < -0.4 is 15.8 Å². The van der Waals surface area contributed by atoms with Crippen molar-refractivity contribution >= 4 is 11.6 Å². The first-order chi connectivity index (χ1) is 8.08. The lowest BCUT2D eigenvalue weighted by atomic mass is 10.1. The van der Waals surface area contributed by atoms with E-state index in [1.165, 1.54) is 25.3 Å². The van der Waals surface area contributed by atoms with Gasteiger partial charge in [0.1, 0.15) is 11.6 Å². The van der Waals surface area contributed by atoms with Crippen molar-refractivity contribution < 1.29 is 13.9 Å². The minimum atomic E-state index is -0.408. The summed E-state index contributed by atoms with van der Waals surface area (Å²) in [6.45, 7) is 2.24. The molecule has 1 unspecified atom stereocenters. The predicted molar refractivity (Wildman–Crippen MR) is 64.4 cm³/mol. The first-order valence-electron chi connectivity index (χ1n) is 5.43. The van der Waals surface area contributed by atoms with Crippen LogP contribution in [0.5, 0.6) is 5.75 Å². The van der Waals surface area contributed by atoms with Crippen LogP contribution in [-0.4, -0.2) is 19.6 Å². The molecule has 1 rings (SSSR count). The predicted octanol–water partition coefficient (Wildman–Crippen LogP) is 1.76. The Bertz CT molecular complexity index is 396. The van der Waals surface area contributed by atoms with Crippen molar-refractivity contribution in [1.29, 1.82) is 0 Å². The molecule has 1 aromatic carbocycles. The molecule has 0 aromatic heterocycles. The molecule has 4 nitrogen and oxygen atoms in total. The van der Waals surface area contributed by atoms with Crippen LogP contribution >= 0.6 is 0 Å². The molecule has 0 saturated heterocycles. The lowest BCUT2D eigenvalue weighted by Gasteiger charge is -2.13. The van der Waals surface area contributed by atoms with Crippen molar-refractivity contribution in [2.45, 2.75) is 13.3 Å². The van der Waals surface area contributed by atoms with Gasteiger partial charge in [-0.25, -0.2) is 4.39 Å². The standard InChI is InChI=1S/C12H17FN2O2/c1-8(5-6-14)12(16)15-10-4-3-9(13)7-11(10)17-2/h3-4,7-8H,5-6,14H2,1-2H3,(H,15,16). The van der Waals surface area contributed by atoms with Crippen molar-refractivity contribution in [3.63, 3.8) is 0 Å². The Morgan fingerprint density at radius 2 is 2.29 bits per heavy atom. The third-order valence-electron chi connectivity index (χ3n) is 2.47. The highest BCUT2D eigenvalue weighted by atomic mass is 19.1. The van der Waals surface area contributed by atoms with E-state index in [-0.39, 0.29) is 11.8 Å². The van der Waals surface area contributed by atoms with E-state index in [0.717, 1.165) is 0 Å². The van der Waals surface area contributed by atoms with Gasteiger partial charge in [-0.05, 0) is 25.1 Å². The Kier molecular flexibility index (Phi) is 4.90. The molecule has 5 heteroatoms. The maximum absolute atomic E-state index is 12.9. The van der Waals surface area contributed by atoms with Gasteiger partial charge in [0, 0.05) is 12.0 Å². The molecule has 0 radical (unpaired) electrons. The van der Waals surface area contributed by atoms with E-state index in [1.54, 1.807) is 6.92 Å². The first-order valence-corrected chi connectivity index (χ1v) is 5.43. The van der Waals surface area contributed by atoms with Crippen LogP contribution in [0.3, 0.4) is 0 Å². The molecule has 0 aliphatic carbocycles. The fraction of sp³-hybridized carbons (Fsp3) is 0.417. The summed E-state index contributed by atoms with van der Waals surface area (Å²) in [5.41, 5.74) is 5.84. The highest BCUT2D eigenvalue weighted by molar-refractivity contribution is 5.93. The number of rotatable bonds is 5. The zero-order valence-corrected chi connectivity index (χ0v) is 10.00. The van der Waals surface area contributed by atoms with Crippen LogP contribution in [0.2, 0.25) is 0 Å². The van der Waals surface area contributed by atoms with Crippen LogP contribution in [-0.2, 0) is 4.79 Å². The summed E-state index contributed by atoms with van der Waals surface area (Å²) in [4.78, 5) is 11.7. The number of benzene rings is 1. The number of hydrogen-bond acceptors (Lipinski definition) is 3. The van der Waals surface area contributed by atoms with Gasteiger partial charge in [0.25, 0.3) is 0 Å². The second-order valence-corrected chi connectivity index (χ2v) is 3.81. The van der Waals surface area contributed by atoms with Crippen molar-refractivity contribution in [3.05, 3.63) is 24.0 Å². The molecule has 0 aliphatic rings. The molecule has 3 N–H and O–H groups in total. The second-order valence-electron chi connectivity index (χ2n) is 3.81. The van der Waals surface area contributed by atoms with Gasteiger partial charge in [0.2, 0.25) is 5.91 Å². The van der Waals surface area contributed by atoms with E-state index in [0.29, 0.717) is 24.4 Å². The molecule has 94 valence electrons. The number of carbonyl (C=O) groups excluding carboxylic acids is 1. The van der Waals surface area contributed by atoms with Crippen LogP contribution in [0.25, 0.3) is 0 Å². The number of amides is 1. The van der Waals surface area contributed by atoms with Gasteiger partial charge in [-0.2, -0.15) is 0 Å². The number of methoxy groups -OCH3 is 1. The van der Waals surface area contributed by atoms with E-state index in [2.05, 4.69) is 5.32 Å². The molecule has 0 heterocycles. The third kappa shape index (κ3) is 3.71. The van der Waals surface area contributed by atoms with Crippen LogP contribution in [0.4, 0.5) is 10.1 Å². The highest BCUT2D eigenvalue weighted by Crippen LogP contribution is 2.25. The topological polar surface area (TPSA) is 64.3 Å². The maximum atomic E-state index is 12.9.